The maximum absolute atomic E-state index is 14.3. The number of aryl methyl sites for hydroxylation is 1. The maximum Gasteiger partial charge on any atom is 0.172 e. The quantitative estimate of drug-likeness (QED) is 0.919. The Hall–Kier alpha value is -1.87. The minimum Gasteiger partial charge on any atom is -0.494 e. The molecule has 1 unspecified atom stereocenters. The van der Waals surface area contributed by atoms with Crippen LogP contribution in [0.5, 0.6) is 5.75 Å². The average Bonchev–Trinajstić information content (AvgIpc) is 2.89. The molecule has 1 atom stereocenters. The molecule has 0 bridgehead atoms. The van der Waals surface area contributed by atoms with Crippen molar-refractivity contribution in [1.29, 1.82) is 0 Å². The largest absolute Gasteiger partial charge is 0.494 e. The van der Waals surface area contributed by atoms with Gasteiger partial charge >= 0.3 is 0 Å². The van der Waals surface area contributed by atoms with Crippen molar-refractivity contribution < 1.29 is 9.13 Å². The van der Waals surface area contributed by atoms with Crippen molar-refractivity contribution in [3.05, 3.63) is 53.3 Å². The molecule has 0 heterocycles. The van der Waals surface area contributed by atoms with Gasteiger partial charge in [-0.15, -0.1) is 0 Å². The number of rotatable bonds is 3. The van der Waals surface area contributed by atoms with Crippen molar-refractivity contribution in [1.82, 2.24) is 5.32 Å². The summed E-state index contributed by atoms with van der Waals surface area (Å²) >= 11 is 0. The lowest BCUT2D eigenvalue weighted by Crippen LogP contribution is -2.12. The standard InChI is InChI=1S/C17H18FNO/c1-19-15-9-7-11-10-12(6-8-13(11)15)14-4-3-5-16(20-2)17(14)18/h3-6,8,10,15,19H,7,9H2,1-2H3. The summed E-state index contributed by atoms with van der Waals surface area (Å²) in [6.07, 6.45) is 2.15. The molecule has 1 aliphatic carbocycles. The fraction of sp³-hybridized carbons (Fsp3) is 0.294. The van der Waals surface area contributed by atoms with E-state index in [4.69, 9.17) is 4.74 Å². The summed E-state index contributed by atoms with van der Waals surface area (Å²) in [6, 6.07) is 11.9. The molecule has 3 heteroatoms. The van der Waals surface area contributed by atoms with Gasteiger partial charge in [-0.05, 0) is 42.6 Å². The molecule has 2 aromatic rings. The number of ether oxygens (including phenoxy) is 1. The van der Waals surface area contributed by atoms with Crippen LogP contribution in [0, 0.1) is 5.82 Å². The molecule has 0 aliphatic heterocycles. The van der Waals surface area contributed by atoms with Crippen LogP contribution in [-0.4, -0.2) is 14.2 Å². The van der Waals surface area contributed by atoms with Crippen LogP contribution >= 0.6 is 0 Å². The number of hydrogen-bond acceptors (Lipinski definition) is 2. The molecule has 104 valence electrons. The van der Waals surface area contributed by atoms with Gasteiger partial charge in [-0.25, -0.2) is 4.39 Å². The Bertz CT molecular complexity index is 639. The summed E-state index contributed by atoms with van der Waals surface area (Å²) in [6.45, 7) is 0. The Morgan fingerprint density at radius 2 is 2.10 bits per heavy atom. The smallest absolute Gasteiger partial charge is 0.172 e. The summed E-state index contributed by atoms with van der Waals surface area (Å²) in [4.78, 5) is 0. The number of nitrogens with one attached hydrogen (secondary N) is 1. The molecule has 0 saturated heterocycles. The molecule has 1 aliphatic rings. The Kier molecular flexibility index (Phi) is 3.45. The van der Waals surface area contributed by atoms with Crippen LogP contribution in [0.1, 0.15) is 23.6 Å². The predicted octanol–water partition coefficient (Wildman–Crippen LogP) is 3.71. The minimum absolute atomic E-state index is 0.288. The van der Waals surface area contributed by atoms with E-state index >= 15 is 0 Å². The van der Waals surface area contributed by atoms with E-state index in [2.05, 4.69) is 17.4 Å². The van der Waals surface area contributed by atoms with Gasteiger partial charge in [0.2, 0.25) is 0 Å². The van der Waals surface area contributed by atoms with Gasteiger partial charge < -0.3 is 10.1 Å². The lowest BCUT2D eigenvalue weighted by Gasteiger charge is -2.12. The van der Waals surface area contributed by atoms with Gasteiger partial charge in [0.25, 0.3) is 0 Å². The summed E-state index contributed by atoms with van der Waals surface area (Å²) in [7, 11) is 3.47. The van der Waals surface area contributed by atoms with Crippen LogP contribution in [-0.2, 0) is 6.42 Å². The lowest BCUT2D eigenvalue weighted by atomic mass is 9.99. The van der Waals surface area contributed by atoms with E-state index in [0.29, 0.717) is 11.6 Å². The SMILES string of the molecule is CNC1CCc2cc(-c3cccc(OC)c3F)ccc21. The van der Waals surface area contributed by atoms with E-state index in [1.165, 1.54) is 18.2 Å². The fourth-order valence-corrected chi connectivity index (χ4v) is 2.98. The number of hydrogen-bond donors (Lipinski definition) is 1. The second-order valence-electron chi connectivity index (χ2n) is 5.12. The lowest BCUT2D eigenvalue weighted by molar-refractivity contribution is 0.387. The third-order valence-electron chi connectivity index (χ3n) is 4.06. The van der Waals surface area contributed by atoms with Crippen molar-refractivity contribution >= 4 is 0 Å². The monoisotopic (exact) mass is 271 g/mol. The highest BCUT2D eigenvalue weighted by molar-refractivity contribution is 5.68. The first-order valence-corrected chi connectivity index (χ1v) is 6.87. The summed E-state index contributed by atoms with van der Waals surface area (Å²) in [5.41, 5.74) is 4.15. The average molecular weight is 271 g/mol. The molecule has 3 rings (SSSR count). The van der Waals surface area contributed by atoms with Crippen molar-refractivity contribution in [2.45, 2.75) is 18.9 Å². The predicted molar refractivity (Wildman–Crippen MR) is 78.5 cm³/mol. The first-order valence-electron chi connectivity index (χ1n) is 6.87. The molecule has 0 aromatic heterocycles. The normalized spacial score (nSPS) is 17.1. The molecular formula is C17H18FNO. The molecule has 20 heavy (non-hydrogen) atoms. The first kappa shape index (κ1) is 13.1. The third-order valence-corrected chi connectivity index (χ3v) is 4.06. The van der Waals surface area contributed by atoms with E-state index < -0.39 is 0 Å². The van der Waals surface area contributed by atoms with Crippen molar-refractivity contribution in [2.24, 2.45) is 0 Å². The van der Waals surface area contributed by atoms with Crippen LogP contribution in [0.15, 0.2) is 36.4 Å². The molecule has 0 spiro atoms. The number of fused-ring (bicyclic) bond motifs is 1. The molecule has 1 N–H and O–H groups in total. The van der Waals surface area contributed by atoms with Crippen molar-refractivity contribution in [3.63, 3.8) is 0 Å². The number of halogens is 1. The van der Waals surface area contributed by atoms with Gasteiger partial charge in [0.1, 0.15) is 0 Å². The van der Waals surface area contributed by atoms with Gasteiger partial charge in [0.15, 0.2) is 11.6 Å². The van der Waals surface area contributed by atoms with Crippen LogP contribution < -0.4 is 10.1 Å². The Balaban J connectivity index is 2.04. The van der Waals surface area contributed by atoms with E-state index in [1.54, 1.807) is 12.1 Å². The van der Waals surface area contributed by atoms with Crippen LogP contribution in [0.3, 0.4) is 0 Å². The van der Waals surface area contributed by atoms with Crippen molar-refractivity contribution in [3.8, 4) is 16.9 Å². The fourth-order valence-electron chi connectivity index (χ4n) is 2.98. The van der Waals surface area contributed by atoms with E-state index in [0.717, 1.165) is 18.4 Å². The topological polar surface area (TPSA) is 21.3 Å². The Morgan fingerprint density at radius 1 is 1.25 bits per heavy atom. The molecular weight excluding hydrogens is 253 g/mol. The second kappa shape index (κ2) is 5.25. The van der Waals surface area contributed by atoms with Crippen LogP contribution in [0.4, 0.5) is 4.39 Å². The minimum atomic E-state index is -0.293. The van der Waals surface area contributed by atoms with Gasteiger partial charge in [0, 0.05) is 11.6 Å². The third kappa shape index (κ3) is 2.08. The highest BCUT2D eigenvalue weighted by atomic mass is 19.1. The van der Waals surface area contributed by atoms with E-state index in [1.807, 2.05) is 19.2 Å². The maximum atomic E-state index is 14.3. The van der Waals surface area contributed by atoms with Gasteiger partial charge in [0.05, 0.1) is 7.11 Å². The van der Waals surface area contributed by atoms with Crippen molar-refractivity contribution in [2.75, 3.05) is 14.2 Å². The van der Waals surface area contributed by atoms with Crippen LogP contribution in [0.2, 0.25) is 0 Å². The van der Waals surface area contributed by atoms with E-state index in [9.17, 15) is 4.39 Å². The summed E-state index contributed by atoms with van der Waals surface area (Å²) in [5.74, 6) is -0.00536. The van der Waals surface area contributed by atoms with Gasteiger partial charge in [-0.1, -0.05) is 30.3 Å². The first-order chi connectivity index (χ1) is 9.74. The Morgan fingerprint density at radius 3 is 2.85 bits per heavy atom. The zero-order valence-corrected chi connectivity index (χ0v) is 11.7. The second-order valence-corrected chi connectivity index (χ2v) is 5.12. The zero-order chi connectivity index (χ0) is 14.1. The highest BCUT2D eigenvalue weighted by Gasteiger charge is 2.21. The van der Waals surface area contributed by atoms with Gasteiger partial charge in [-0.3, -0.25) is 0 Å². The molecule has 0 fully saturated rings. The molecule has 0 amide bonds. The van der Waals surface area contributed by atoms with E-state index in [-0.39, 0.29) is 11.6 Å². The van der Waals surface area contributed by atoms with Gasteiger partial charge in [-0.2, -0.15) is 0 Å². The molecule has 0 radical (unpaired) electrons. The molecule has 0 saturated carbocycles. The highest BCUT2D eigenvalue weighted by Crippen LogP contribution is 2.35. The molecule has 2 aromatic carbocycles. The van der Waals surface area contributed by atoms with Crippen LogP contribution in [0.25, 0.3) is 11.1 Å². The number of benzene rings is 2. The number of methoxy groups -OCH3 is 1. The summed E-state index contributed by atoms with van der Waals surface area (Å²) in [5, 5.41) is 3.31. The zero-order valence-electron chi connectivity index (χ0n) is 11.7. The Labute approximate surface area is 118 Å². The summed E-state index contributed by atoms with van der Waals surface area (Å²) < 4.78 is 19.4. The molecule has 2 nitrogen and oxygen atoms in total.